The zero-order valence-electron chi connectivity index (χ0n) is 16.3. The topological polar surface area (TPSA) is 52.6 Å². The Morgan fingerprint density at radius 3 is 2.00 bits per heavy atom. The molecule has 0 radical (unpaired) electrons. The second-order valence-electron chi connectivity index (χ2n) is 7.54. The number of carbonyl (C=O) groups excluding carboxylic acids is 2. The monoisotopic (exact) mass is 414 g/mol. The van der Waals surface area contributed by atoms with Gasteiger partial charge in [0.05, 0.1) is 11.2 Å². The van der Waals surface area contributed by atoms with Crippen LogP contribution in [0, 0.1) is 0 Å². The highest BCUT2D eigenvalue weighted by Gasteiger charge is 2.52. The second kappa shape index (κ2) is 8.04. The van der Waals surface area contributed by atoms with Crippen molar-refractivity contribution in [2.45, 2.75) is 52.0 Å². The van der Waals surface area contributed by atoms with Gasteiger partial charge in [-0.15, -0.1) is 0 Å². The van der Waals surface area contributed by atoms with Gasteiger partial charge < -0.3 is 9.31 Å². The van der Waals surface area contributed by atoms with Gasteiger partial charge >= 0.3 is 13.3 Å². The number of benzene rings is 1. The number of ketones is 1. The maximum absolute atomic E-state index is 12.5. The molecule has 9 heteroatoms. The largest absolute Gasteiger partial charge is 0.491 e. The van der Waals surface area contributed by atoms with Crippen molar-refractivity contribution in [3.05, 3.63) is 40.9 Å². The van der Waals surface area contributed by atoms with Crippen LogP contribution in [0.3, 0.4) is 0 Å². The van der Waals surface area contributed by atoms with Crippen LogP contribution in [-0.2, 0) is 14.1 Å². The standard InChI is InChI=1S/C19H22BF3O4S/c1-12(24)28-11-15(20-26-17(2,3)18(4,5)27-20)10-13-6-8-14(9-7-13)16(25)19(21,22)23/h6-10H,11H2,1-5H3. The van der Waals surface area contributed by atoms with Gasteiger partial charge in [-0.3, -0.25) is 9.59 Å². The highest BCUT2D eigenvalue weighted by Crippen LogP contribution is 2.39. The number of alkyl halides is 3. The van der Waals surface area contributed by atoms with E-state index < -0.39 is 35.8 Å². The molecule has 0 N–H and O–H groups in total. The first kappa shape index (κ1) is 22.7. The zero-order chi connectivity index (χ0) is 21.3. The van der Waals surface area contributed by atoms with Crippen LogP contribution in [0.4, 0.5) is 13.2 Å². The molecule has 0 saturated carbocycles. The summed E-state index contributed by atoms with van der Waals surface area (Å²) < 4.78 is 49.7. The van der Waals surface area contributed by atoms with E-state index in [-0.39, 0.29) is 5.12 Å². The molecule has 1 aromatic rings. The first-order valence-electron chi connectivity index (χ1n) is 8.64. The fourth-order valence-electron chi connectivity index (χ4n) is 2.47. The SMILES string of the molecule is CC(=O)SCC(=Cc1ccc(C(=O)C(F)(F)F)cc1)B1OC(C)(C)C(C)(C)O1. The Balaban J connectivity index is 2.30. The van der Waals surface area contributed by atoms with Crippen LogP contribution in [0.2, 0.25) is 0 Å². The Kier molecular flexibility index (Phi) is 6.52. The van der Waals surface area contributed by atoms with Gasteiger partial charge in [-0.05, 0) is 38.7 Å². The van der Waals surface area contributed by atoms with E-state index >= 15 is 0 Å². The molecule has 1 aliphatic heterocycles. The third kappa shape index (κ3) is 5.27. The van der Waals surface area contributed by atoms with Gasteiger partial charge in [0.2, 0.25) is 0 Å². The lowest BCUT2D eigenvalue weighted by Gasteiger charge is -2.32. The van der Waals surface area contributed by atoms with E-state index in [0.717, 1.165) is 23.9 Å². The number of carbonyl (C=O) groups is 2. The van der Waals surface area contributed by atoms with Gasteiger partial charge in [-0.2, -0.15) is 13.2 Å². The van der Waals surface area contributed by atoms with Crippen LogP contribution in [0.15, 0.2) is 29.7 Å². The Morgan fingerprint density at radius 1 is 1.07 bits per heavy atom. The molecule has 1 fully saturated rings. The molecule has 0 aromatic heterocycles. The van der Waals surface area contributed by atoms with Crippen LogP contribution in [0.25, 0.3) is 6.08 Å². The summed E-state index contributed by atoms with van der Waals surface area (Å²) in [5, 5.41) is -0.0754. The predicted molar refractivity (Wildman–Crippen MR) is 104 cm³/mol. The lowest BCUT2D eigenvalue weighted by Crippen LogP contribution is -2.41. The maximum atomic E-state index is 12.5. The minimum atomic E-state index is -4.91. The molecule has 0 bridgehead atoms. The van der Waals surface area contributed by atoms with Gasteiger partial charge in [0.1, 0.15) is 0 Å². The first-order valence-corrected chi connectivity index (χ1v) is 9.62. The minimum absolute atomic E-state index is 0.0754. The third-order valence-electron chi connectivity index (χ3n) is 4.78. The Hall–Kier alpha value is -1.58. The van der Waals surface area contributed by atoms with Crippen molar-refractivity contribution in [3.8, 4) is 0 Å². The van der Waals surface area contributed by atoms with E-state index in [9.17, 15) is 22.8 Å². The van der Waals surface area contributed by atoms with Gasteiger partial charge in [0, 0.05) is 18.2 Å². The summed E-state index contributed by atoms with van der Waals surface area (Å²) in [5.74, 6) is -1.57. The lowest BCUT2D eigenvalue weighted by atomic mass is 9.78. The third-order valence-corrected chi connectivity index (χ3v) is 5.66. The first-order chi connectivity index (χ1) is 12.7. The van der Waals surface area contributed by atoms with E-state index in [0.29, 0.717) is 16.8 Å². The highest BCUT2D eigenvalue weighted by atomic mass is 32.2. The van der Waals surface area contributed by atoms with Crippen molar-refractivity contribution in [1.82, 2.24) is 0 Å². The molecule has 0 amide bonds. The minimum Gasteiger partial charge on any atom is -0.400 e. The van der Waals surface area contributed by atoms with Crippen molar-refractivity contribution >= 4 is 35.9 Å². The molecule has 0 spiro atoms. The van der Waals surface area contributed by atoms with Crippen molar-refractivity contribution in [1.29, 1.82) is 0 Å². The summed E-state index contributed by atoms with van der Waals surface area (Å²) in [4.78, 5) is 22.7. The average molecular weight is 414 g/mol. The number of hydrogen-bond acceptors (Lipinski definition) is 5. The van der Waals surface area contributed by atoms with Gasteiger partial charge in [0.25, 0.3) is 5.78 Å². The fourth-order valence-corrected chi connectivity index (χ4v) is 3.05. The fraction of sp³-hybridized carbons (Fsp3) is 0.474. The molecule has 1 aromatic carbocycles. The molecule has 0 atom stereocenters. The van der Waals surface area contributed by atoms with Crippen molar-refractivity contribution in [2.24, 2.45) is 0 Å². The molecular weight excluding hydrogens is 392 g/mol. The summed E-state index contributed by atoms with van der Waals surface area (Å²) in [6, 6.07) is 5.09. The maximum Gasteiger partial charge on any atom is 0.491 e. The normalized spacial score (nSPS) is 19.0. The molecule has 4 nitrogen and oxygen atoms in total. The summed E-state index contributed by atoms with van der Waals surface area (Å²) in [6.45, 7) is 9.06. The number of hydrogen-bond donors (Lipinski definition) is 0. The summed E-state index contributed by atoms with van der Waals surface area (Å²) in [7, 11) is -0.687. The number of thioether (sulfide) groups is 1. The van der Waals surface area contributed by atoms with E-state index in [4.69, 9.17) is 9.31 Å². The molecule has 0 unspecified atom stereocenters. The van der Waals surface area contributed by atoms with E-state index in [1.54, 1.807) is 6.08 Å². The Bertz CT molecular complexity index is 769. The van der Waals surface area contributed by atoms with Crippen molar-refractivity contribution in [2.75, 3.05) is 5.75 Å². The van der Waals surface area contributed by atoms with E-state index in [1.165, 1.54) is 19.1 Å². The number of halogens is 3. The molecule has 1 aliphatic rings. The van der Waals surface area contributed by atoms with Crippen LogP contribution in [0.5, 0.6) is 0 Å². The lowest BCUT2D eigenvalue weighted by molar-refractivity contribution is -0.109. The summed E-state index contributed by atoms with van der Waals surface area (Å²) in [5.41, 5.74) is -0.317. The summed E-state index contributed by atoms with van der Waals surface area (Å²) >= 11 is 1.09. The zero-order valence-corrected chi connectivity index (χ0v) is 17.2. The Labute approximate surface area is 167 Å². The van der Waals surface area contributed by atoms with Crippen LogP contribution < -0.4 is 0 Å². The molecule has 28 heavy (non-hydrogen) atoms. The second-order valence-corrected chi connectivity index (χ2v) is 8.69. The molecule has 152 valence electrons. The van der Waals surface area contributed by atoms with E-state index in [2.05, 4.69) is 0 Å². The quantitative estimate of drug-likeness (QED) is 0.515. The Morgan fingerprint density at radius 2 is 1.57 bits per heavy atom. The van der Waals surface area contributed by atoms with Gasteiger partial charge in [-0.25, -0.2) is 0 Å². The number of rotatable bonds is 5. The number of Topliss-reactive ketones (excluding diaryl/α,β-unsaturated/α-hetero) is 1. The molecule has 2 rings (SSSR count). The summed E-state index contributed by atoms with van der Waals surface area (Å²) in [6.07, 6.45) is -3.21. The molecular formula is C19H22BF3O4S. The molecule has 1 saturated heterocycles. The molecule has 0 aliphatic carbocycles. The van der Waals surface area contributed by atoms with Gasteiger partial charge in [-0.1, -0.05) is 42.1 Å². The van der Waals surface area contributed by atoms with Crippen LogP contribution in [0.1, 0.15) is 50.5 Å². The average Bonchev–Trinajstić information content (AvgIpc) is 2.78. The van der Waals surface area contributed by atoms with E-state index in [1.807, 2.05) is 27.7 Å². The van der Waals surface area contributed by atoms with Crippen LogP contribution >= 0.6 is 11.8 Å². The van der Waals surface area contributed by atoms with Crippen LogP contribution in [-0.4, -0.2) is 41.1 Å². The van der Waals surface area contributed by atoms with Crippen molar-refractivity contribution < 1.29 is 32.1 Å². The smallest absolute Gasteiger partial charge is 0.400 e. The van der Waals surface area contributed by atoms with Gasteiger partial charge in [0.15, 0.2) is 5.12 Å². The molecule has 1 heterocycles. The van der Waals surface area contributed by atoms with Crippen molar-refractivity contribution in [3.63, 3.8) is 0 Å². The predicted octanol–water partition coefficient (Wildman–Crippen LogP) is 4.73. The highest BCUT2D eigenvalue weighted by molar-refractivity contribution is 8.13.